The molecule has 2 aromatic carbocycles. The fourth-order valence-electron chi connectivity index (χ4n) is 3.26. The Bertz CT molecular complexity index is 966. The molecular weight excluding hydrogens is 474 g/mol. The lowest BCUT2D eigenvalue weighted by Gasteiger charge is -2.28. The molecule has 0 aliphatic heterocycles. The van der Waals surface area contributed by atoms with Gasteiger partial charge < -0.3 is 24.1 Å². The highest BCUT2D eigenvalue weighted by Gasteiger charge is 2.30. The number of aliphatic hydroxyl groups is 1. The molecular formula is C25H31NO8S. The lowest BCUT2D eigenvalue weighted by Crippen LogP contribution is -2.30. The van der Waals surface area contributed by atoms with Gasteiger partial charge >= 0.3 is 12.1 Å². The first kappa shape index (κ1) is 28.2. The van der Waals surface area contributed by atoms with E-state index in [1.807, 2.05) is 0 Å². The van der Waals surface area contributed by atoms with Crippen molar-refractivity contribution in [3.63, 3.8) is 0 Å². The fourth-order valence-corrected chi connectivity index (χ4v) is 3.36. The minimum absolute atomic E-state index is 0.0394. The van der Waals surface area contributed by atoms with Gasteiger partial charge in [-0.05, 0) is 44.2 Å². The third kappa shape index (κ3) is 9.23. The Labute approximate surface area is 210 Å². The number of hydrogen-bond donors (Lipinski definition) is 3. The van der Waals surface area contributed by atoms with Crippen LogP contribution in [0.25, 0.3) is 0 Å². The molecule has 2 aromatic rings. The number of carbonyl (C=O) groups is 3. The van der Waals surface area contributed by atoms with Crippen molar-refractivity contribution in [1.29, 1.82) is 0 Å². The number of anilines is 1. The Morgan fingerprint density at radius 3 is 2.40 bits per heavy atom. The van der Waals surface area contributed by atoms with Crippen molar-refractivity contribution < 1.29 is 38.4 Å². The Morgan fingerprint density at radius 1 is 1.06 bits per heavy atom. The number of benzene rings is 2. The monoisotopic (exact) mass is 505 g/mol. The van der Waals surface area contributed by atoms with Gasteiger partial charge in [-0.15, -0.1) is 0 Å². The van der Waals surface area contributed by atoms with Gasteiger partial charge in [0.05, 0.1) is 19.0 Å². The van der Waals surface area contributed by atoms with Crippen LogP contribution in [0.5, 0.6) is 5.75 Å². The van der Waals surface area contributed by atoms with E-state index in [0.717, 1.165) is 0 Å². The molecule has 0 spiro atoms. The molecule has 2 N–H and O–H groups in total. The van der Waals surface area contributed by atoms with Crippen molar-refractivity contribution in [2.75, 3.05) is 37.5 Å². The maximum absolute atomic E-state index is 12.8. The van der Waals surface area contributed by atoms with E-state index in [1.165, 1.54) is 6.92 Å². The highest BCUT2D eigenvalue weighted by Crippen LogP contribution is 2.33. The number of ether oxygens (including phenoxy) is 4. The summed E-state index contributed by atoms with van der Waals surface area (Å²) in [6, 6.07) is 13.4. The summed E-state index contributed by atoms with van der Waals surface area (Å²) in [6.07, 6.45) is -2.10. The maximum atomic E-state index is 12.8. The molecule has 10 heteroatoms. The number of hydrogen-bond acceptors (Lipinski definition) is 9. The second kappa shape index (κ2) is 15.0. The summed E-state index contributed by atoms with van der Waals surface area (Å²) in [5, 5.41) is 11.8. The molecule has 35 heavy (non-hydrogen) atoms. The lowest BCUT2D eigenvalue weighted by molar-refractivity contribution is -0.142. The van der Waals surface area contributed by atoms with Crippen molar-refractivity contribution in [3.05, 3.63) is 59.7 Å². The summed E-state index contributed by atoms with van der Waals surface area (Å²) in [5.41, 5.74) is 1.49. The number of Topliss-reactive ketones (excluding diaryl/α,β-unsaturated/α-hetero) is 1. The number of amides is 1. The molecule has 0 fully saturated rings. The second-order valence-corrected chi connectivity index (χ2v) is 7.67. The van der Waals surface area contributed by atoms with Crippen LogP contribution in [-0.2, 0) is 19.0 Å². The molecule has 0 aliphatic carbocycles. The average Bonchev–Trinajstić information content (AvgIpc) is 2.86. The van der Waals surface area contributed by atoms with Crippen LogP contribution in [0, 0.1) is 0 Å². The highest BCUT2D eigenvalue weighted by molar-refractivity contribution is 7.81. The molecule has 1 amide bonds. The molecule has 0 saturated carbocycles. The molecule has 0 heterocycles. The molecule has 0 unspecified atom stereocenters. The van der Waals surface area contributed by atoms with Gasteiger partial charge in [0.25, 0.3) is 0 Å². The molecule has 0 aliphatic rings. The van der Waals surface area contributed by atoms with E-state index in [-0.39, 0.29) is 37.8 Å². The first-order valence-electron chi connectivity index (χ1n) is 11.2. The molecule has 2 rings (SSSR count). The third-order valence-electron chi connectivity index (χ3n) is 4.86. The maximum Gasteiger partial charge on any atom is 0.412 e. The van der Waals surface area contributed by atoms with Gasteiger partial charge in [0, 0.05) is 29.8 Å². The lowest BCUT2D eigenvalue weighted by atomic mass is 10.0. The van der Waals surface area contributed by atoms with E-state index in [1.54, 1.807) is 55.5 Å². The topological polar surface area (TPSA) is 120 Å². The van der Waals surface area contributed by atoms with E-state index in [9.17, 15) is 19.5 Å². The van der Waals surface area contributed by atoms with Crippen molar-refractivity contribution in [2.24, 2.45) is 0 Å². The number of rotatable bonds is 14. The highest BCUT2D eigenvalue weighted by atomic mass is 32.1. The second-order valence-electron chi connectivity index (χ2n) is 7.36. The first-order valence-corrected chi connectivity index (χ1v) is 11.8. The van der Waals surface area contributed by atoms with Gasteiger partial charge in [0.15, 0.2) is 11.9 Å². The largest absolute Gasteiger partial charge is 0.491 e. The third-order valence-corrected chi connectivity index (χ3v) is 5.12. The van der Waals surface area contributed by atoms with Gasteiger partial charge in [-0.2, -0.15) is 12.6 Å². The Kier molecular flexibility index (Phi) is 12.1. The standard InChI is InChI=1S/C25H31NO8S/c1-3-31-22(12-14-33-23(29)16-35)24(20-6-4-5-7-21(20)32-15-13-27)34-25(30)26-19-10-8-18(9-11-19)17(2)28/h4-11,22,24,27,35H,3,12-16H2,1-2H3,(H,26,30)/t22-,24-/m0/s1. The first-order chi connectivity index (χ1) is 16.9. The van der Waals surface area contributed by atoms with Gasteiger partial charge in [-0.25, -0.2) is 4.79 Å². The quantitative estimate of drug-likeness (QED) is 0.201. The predicted octanol–water partition coefficient (Wildman–Crippen LogP) is 3.82. The van der Waals surface area contributed by atoms with Gasteiger partial charge in [0.2, 0.25) is 0 Å². The van der Waals surface area contributed by atoms with Crippen LogP contribution in [0.2, 0.25) is 0 Å². The van der Waals surface area contributed by atoms with Gasteiger partial charge in [-0.3, -0.25) is 14.9 Å². The zero-order valence-corrected chi connectivity index (χ0v) is 20.7. The molecule has 190 valence electrons. The number of nitrogens with one attached hydrogen (secondary N) is 1. The summed E-state index contributed by atoms with van der Waals surface area (Å²) < 4.78 is 22.4. The molecule has 0 bridgehead atoms. The van der Waals surface area contributed by atoms with E-state index in [4.69, 9.17) is 18.9 Å². The van der Waals surface area contributed by atoms with Crippen molar-refractivity contribution in [1.82, 2.24) is 0 Å². The Hall–Kier alpha value is -3.08. The Balaban J connectivity index is 2.28. The van der Waals surface area contributed by atoms with Crippen LogP contribution in [0.3, 0.4) is 0 Å². The van der Waals surface area contributed by atoms with Crippen LogP contribution in [0.1, 0.15) is 42.3 Å². The number of para-hydroxylation sites is 1. The van der Waals surface area contributed by atoms with Crippen LogP contribution in [-0.4, -0.2) is 61.2 Å². The smallest absolute Gasteiger partial charge is 0.412 e. The van der Waals surface area contributed by atoms with E-state index >= 15 is 0 Å². The van der Waals surface area contributed by atoms with Crippen LogP contribution >= 0.6 is 12.6 Å². The van der Waals surface area contributed by atoms with Crippen molar-refractivity contribution in [3.8, 4) is 5.75 Å². The molecule has 0 radical (unpaired) electrons. The van der Waals surface area contributed by atoms with Crippen molar-refractivity contribution in [2.45, 2.75) is 32.5 Å². The number of aliphatic hydroxyl groups excluding tert-OH is 1. The zero-order valence-electron chi connectivity index (χ0n) is 19.8. The number of ketones is 1. The van der Waals surface area contributed by atoms with Crippen LogP contribution in [0.15, 0.2) is 48.5 Å². The summed E-state index contributed by atoms with van der Waals surface area (Å²) in [5.74, 6) is -0.194. The zero-order chi connectivity index (χ0) is 25.6. The van der Waals surface area contributed by atoms with E-state index in [2.05, 4.69) is 17.9 Å². The summed E-state index contributed by atoms with van der Waals surface area (Å²) in [7, 11) is 0. The number of thiol groups is 1. The van der Waals surface area contributed by atoms with Crippen LogP contribution < -0.4 is 10.1 Å². The summed E-state index contributed by atoms with van der Waals surface area (Å²) in [6.45, 7) is 3.48. The van der Waals surface area contributed by atoms with Crippen molar-refractivity contribution >= 4 is 36.2 Å². The van der Waals surface area contributed by atoms with Gasteiger partial charge in [-0.1, -0.05) is 18.2 Å². The summed E-state index contributed by atoms with van der Waals surface area (Å²) >= 11 is 3.90. The summed E-state index contributed by atoms with van der Waals surface area (Å²) in [4.78, 5) is 35.8. The molecule has 0 aromatic heterocycles. The normalized spacial score (nSPS) is 12.3. The predicted molar refractivity (Wildman–Crippen MR) is 133 cm³/mol. The average molecular weight is 506 g/mol. The van der Waals surface area contributed by atoms with E-state index in [0.29, 0.717) is 29.2 Å². The van der Waals surface area contributed by atoms with Crippen LogP contribution in [0.4, 0.5) is 10.5 Å². The van der Waals surface area contributed by atoms with Gasteiger partial charge in [0.1, 0.15) is 18.5 Å². The minimum Gasteiger partial charge on any atom is -0.491 e. The minimum atomic E-state index is -0.920. The molecule has 9 nitrogen and oxygen atoms in total. The molecule has 0 saturated heterocycles. The SMILES string of the molecule is CCO[C@@H](CCOC(=O)CS)[C@@H](OC(=O)Nc1ccc(C(C)=O)cc1)c1ccccc1OCCO. The Morgan fingerprint density at radius 2 is 1.77 bits per heavy atom. The fraction of sp³-hybridized carbons (Fsp3) is 0.400. The molecule has 2 atom stereocenters. The number of esters is 1. The van der Waals surface area contributed by atoms with E-state index < -0.39 is 24.3 Å². The number of carbonyl (C=O) groups excluding carboxylic acids is 3.